The fourth-order valence-electron chi connectivity index (χ4n) is 2.17. The Hall–Kier alpha value is -3.98. The van der Waals surface area contributed by atoms with E-state index in [0.29, 0.717) is 42.1 Å². The van der Waals surface area contributed by atoms with Crippen LogP contribution >= 0.6 is 0 Å². The van der Waals surface area contributed by atoms with Crippen LogP contribution in [0.1, 0.15) is 31.4 Å². The minimum Gasteiger partial charge on any atom is -0.870 e. The van der Waals surface area contributed by atoms with Crippen LogP contribution < -0.4 is 19.7 Å². The molecule has 0 aliphatic heterocycles. The van der Waals surface area contributed by atoms with Crippen LogP contribution in [-0.2, 0) is 21.9 Å². The Morgan fingerprint density at radius 1 is 0.721 bits per heavy atom. The molecule has 0 saturated heterocycles. The van der Waals surface area contributed by atoms with E-state index >= 15 is 0 Å². The van der Waals surface area contributed by atoms with Crippen LogP contribution in [0.15, 0.2) is 46.4 Å². The first kappa shape index (κ1) is 48.7. The van der Waals surface area contributed by atoms with Gasteiger partial charge < -0.3 is 70.4 Å². The minimum atomic E-state index is -1.75. The van der Waals surface area contributed by atoms with Gasteiger partial charge in [-0.15, -0.1) is 0 Å². The van der Waals surface area contributed by atoms with E-state index in [1.54, 1.807) is 48.8 Å². The Labute approximate surface area is 284 Å². The first-order valence-electron chi connectivity index (χ1n) is 10.7. The molecule has 0 spiro atoms. The zero-order valence-corrected chi connectivity index (χ0v) is 25.6. The van der Waals surface area contributed by atoms with Gasteiger partial charge in [0, 0.05) is 25.5 Å². The number of methoxy groups -OCH3 is 2. The summed E-state index contributed by atoms with van der Waals surface area (Å²) in [6, 6.07) is 10.1. The summed E-state index contributed by atoms with van der Waals surface area (Å²) in [4.78, 5) is 42.7. The number of carbonyl (C=O) groups is 1. The first-order valence-corrected chi connectivity index (χ1v) is 10.7. The van der Waals surface area contributed by atoms with Crippen LogP contribution in [0.4, 0.5) is 0 Å². The molecular formula is C22H26CuErN5O14. The Morgan fingerprint density at radius 3 is 1.21 bits per heavy atom. The van der Waals surface area contributed by atoms with Gasteiger partial charge in [-0.05, 0) is 43.5 Å². The zero-order valence-electron chi connectivity index (χ0n) is 22.8. The number of aliphatic imine (C=N–C) groups is 2. The Bertz CT molecular complexity index is 1030. The van der Waals surface area contributed by atoms with E-state index in [4.69, 9.17) is 55.4 Å². The van der Waals surface area contributed by atoms with E-state index in [-0.39, 0.29) is 71.7 Å². The maximum atomic E-state index is 11.9. The Kier molecular flexibility index (Phi) is 35.1. The second-order valence-electron chi connectivity index (χ2n) is 6.76. The number of para-hydroxylation sites is 2. The number of Topliss-reactive ketones (excluding diaryl/α,β-unsaturated/α-hetero) is 1. The van der Waals surface area contributed by atoms with E-state index in [9.17, 15) is 15.0 Å². The van der Waals surface area contributed by atoms with E-state index in [1.807, 2.05) is 0 Å². The molecule has 0 amide bonds. The quantitative estimate of drug-likeness (QED) is 0.120. The molecule has 2 aromatic carbocycles. The summed E-state index contributed by atoms with van der Waals surface area (Å²) >= 11 is 0. The molecule has 0 heterocycles. The molecule has 43 heavy (non-hydrogen) atoms. The molecular weight excluding hydrogens is 789 g/mol. The Balaban J connectivity index is -0.000000222. The zero-order chi connectivity index (χ0) is 32.4. The van der Waals surface area contributed by atoms with Gasteiger partial charge in [0.25, 0.3) is 0 Å². The first-order chi connectivity index (χ1) is 19.1. The predicted molar refractivity (Wildman–Crippen MR) is 142 cm³/mol. The fraction of sp³-hybridized carbons (Fsp3) is 0.318. The predicted octanol–water partition coefficient (Wildman–Crippen LogP) is 1.65. The third-order valence-electron chi connectivity index (χ3n) is 3.49. The van der Waals surface area contributed by atoms with Crippen molar-refractivity contribution in [2.45, 2.75) is 20.3 Å². The van der Waals surface area contributed by atoms with Crippen molar-refractivity contribution in [1.82, 2.24) is 0 Å². The number of ketones is 1. The number of carbonyl (C=O) groups excluding carboxylic acids is 1. The summed E-state index contributed by atoms with van der Waals surface area (Å²) in [5.41, 5.74) is 0.991. The summed E-state index contributed by atoms with van der Waals surface area (Å²) in [6.45, 7) is 4.13. The van der Waals surface area contributed by atoms with Gasteiger partial charge in [-0.3, -0.25) is 9.98 Å². The molecule has 246 valence electrons. The van der Waals surface area contributed by atoms with Crippen LogP contribution in [-0.4, -0.2) is 60.8 Å². The van der Waals surface area contributed by atoms with E-state index < -0.39 is 15.3 Å². The van der Waals surface area contributed by atoms with Crippen molar-refractivity contribution in [3.05, 3.63) is 93.5 Å². The maximum absolute atomic E-state index is 11.9. The molecule has 0 N–H and O–H groups in total. The van der Waals surface area contributed by atoms with Crippen LogP contribution in [0.2, 0.25) is 0 Å². The summed E-state index contributed by atoms with van der Waals surface area (Å²) in [5, 5.41) is 68.1. The second-order valence-corrected chi connectivity index (χ2v) is 6.76. The number of benzene rings is 2. The summed E-state index contributed by atoms with van der Waals surface area (Å²) < 4.78 is 9.97. The van der Waals surface area contributed by atoms with Crippen LogP contribution in [0.5, 0.6) is 23.0 Å². The number of rotatable bonds is 8. The van der Waals surface area contributed by atoms with Gasteiger partial charge in [-0.25, -0.2) is 0 Å². The average Bonchev–Trinajstić information content (AvgIpc) is 2.84. The standard InChI is InChI=1S/C19H22N2O4.C3H6O.Cu.Er.3NO3/c1-24-16-8-3-6-14(18(16)22)12-20-10-5-11-21-13-15-7-4-9-17(25-2)19(15)23;1-3(2)4;;;3*2-1(3)4/h3-4,6-9,12-13,22-23H,5,10-11H2,1-2H3;1-2H3;;;;;/q;;+2;+3;3*-1/p-2. The maximum Gasteiger partial charge on any atom is 3.00 e. The summed E-state index contributed by atoms with van der Waals surface area (Å²) in [5.74, 6) is 0.432. The molecule has 2 aromatic rings. The van der Waals surface area contributed by atoms with Crippen LogP contribution in [0.3, 0.4) is 0 Å². The van der Waals surface area contributed by atoms with Gasteiger partial charge in [-0.2, -0.15) is 0 Å². The minimum absolute atomic E-state index is 0. The smallest absolute Gasteiger partial charge is 0.870 e. The van der Waals surface area contributed by atoms with Gasteiger partial charge in [0.1, 0.15) is 17.3 Å². The van der Waals surface area contributed by atoms with Crippen molar-refractivity contribution < 1.29 is 94.1 Å². The molecule has 0 saturated carbocycles. The molecule has 0 unspecified atom stereocenters. The molecule has 2 radical (unpaired) electrons. The van der Waals surface area contributed by atoms with Crippen LogP contribution in [0, 0.1) is 83.3 Å². The topological polar surface area (TPSA) is 305 Å². The van der Waals surface area contributed by atoms with Gasteiger partial charge >= 0.3 is 54.4 Å². The van der Waals surface area contributed by atoms with Gasteiger partial charge in [-0.1, -0.05) is 35.8 Å². The number of nitrogens with zero attached hydrogens (tertiary/aromatic N) is 5. The van der Waals surface area contributed by atoms with Gasteiger partial charge in [0.15, 0.2) is 0 Å². The van der Waals surface area contributed by atoms with Crippen molar-refractivity contribution in [3.63, 3.8) is 0 Å². The molecule has 2 rings (SSSR count). The molecule has 0 aromatic heterocycles. The van der Waals surface area contributed by atoms with E-state index in [1.165, 1.54) is 28.1 Å². The van der Waals surface area contributed by atoms with Crippen molar-refractivity contribution >= 4 is 18.2 Å². The average molecular weight is 815 g/mol. The summed E-state index contributed by atoms with van der Waals surface area (Å²) in [6.07, 6.45) is 3.81. The normalized spacial score (nSPS) is 8.84. The monoisotopic (exact) mass is 813 g/mol. The van der Waals surface area contributed by atoms with Crippen molar-refractivity contribution in [1.29, 1.82) is 0 Å². The van der Waals surface area contributed by atoms with Gasteiger partial charge in [0.2, 0.25) is 0 Å². The molecule has 0 aliphatic carbocycles. The number of hydrogen-bond acceptors (Lipinski definition) is 16. The fourth-order valence-corrected chi connectivity index (χ4v) is 2.17. The molecule has 21 heteroatoms. The van der Waals surface area contributed by atoms with Crippen molar-refractivity contribution in [2.24, 2.45) is 9.98 Å². The van der Waals surface area contributed by atoms with E-state index in [0.717, 1.165) is 0 Å². The SMILES string of the molecule is CC(C)=O.COc1cccc(C=NCCCN=Cc2cccc(OC)c2[O-])c1[O-].O=[N+]([O-])[O-].O=[N+]([O-])[O-].O=[N+]([O-])[O-].[Cu+2].[Er+3]. The largest absolute Gasteiger partial charge is 3.00 e. The second kappa shape index (κ2) is 31.0. The molecule has 0 aliphatic rings. The number of ether oxygens (including phenoxy) is 2. The number of hydrogen-bond donors (Lipinski definition) is 0. The third kappa shape index (κ3) is 34.1. The Morgan fingerprint density at radius 2 is 0.977 bits per heavy atom. The molecule has 19 nitrogen and oxygen atoms in total. The molecule has 0 atom stereocenters. The summed E-state index contributed by atoms with van der Waals surface area (Å²) in [7, 11) is 2.93. The van der Waals surface area contributed by atoms with Crippen molar-refractivity contribution in [2.75, 3.05) is 27.3 Å². The van der Waals surface area contributed by atoms with Gasteiger partial charge in [0.05, 0.1) is 29.5 Å². The molecule has 0 bridgehead atoms. The van der Waals surface area contributed by atoms with Crippen molar-refractivity contribution in [3.8, 4) is 23.0 Å². The molecule has 0 fully saturated rings. The van der Waals surface area contributed by atoms with E-state index in [2.05, 4.69) is 9.98 Å². The third-order valence-corrected chi connectivity index (χ3v) is 3.49. The van der Waals surface area contributed by atoms with Crippen LogP contribution in [0.25, 0.3) is 0 Å².